The second kappa shape index (κ2) is 5.82. The summed E-state index contributed by atoms with van der Waals surface area (Å²) in [6.07, 6.45) is 3.75. The monoisotopic (exact) mass is 250 g/mol. The fraction of sp³-hybridized carbons (Fsp3) is 0.538. The van der Waals surface area contributed by atoms with Gasteiger partial charge in [-0.2, -0.15) is 0 Å². The van der Waals surface area contributed by atoms with Crippen LogP contribution in [0.4, 0.5) is 0 Å². The number of hydrogen-bond acceptors (Lipinski definition) is 5. The van der Waals surface area contributed by atoms with E-state index in [0.717, 1.165) is 19.4 Å². The average Bonchev–Trinajstić information content (AvgIpc) is 2.41. The standard InChI is InChI=1S/C13H18N2O3/c1-9-3-4-11(8-15-9)18-12-7-10(5-6-14-12)13(16)17-2/h5-7,9,11,15H,3-4,8H2,1-2H3/t9-,11-/m1/s1. The van der Waals surface area contributed by atoms with Crippen molar-refractivity contribution >= 4 is 5.97 Å². The van der Waals surface area contributed by atoms with Crippen LogP contribution in [0, 0.1) is 0 Å². The summed E-state index contributed by atoms with van der Waals surface area (Å²) < 4.78 is 10.4. The normalized spacial score (nSPS) is 23.4. The van der Waals surface area contributed by atoms with Crippen LogP contribution in [-0.2, 0) is 4.74 Å². The van der Waals surface area contributed by atoms with Crippen molar-refractivity contribution < 1.29 is 14.3 Å². The van der Waals surface area contributed by atoms with E-state index < -0.39 is 0 Å². The zero-order valence-electron chi connectivity index (χ0n) is 10.7. The van der Waals surface area contributed by atoms with Gasteiger partial charge in [-0.15, -0.1) is 0 Å². The number of hydrogen-bond donors (Lipinski definition) is 1. The van der Waals surface area contributed by atoms with Gasteiger partial charge in [-0.1, -0.05) is 0 Å². The molecule has 0 aromatic carbocycles. The predicted molar refractivity (Wildman–Crippen MR) is 66.7 cm³/mol. The summed E-state index contributed by atoms with van der Waals surface area (Å²) in [6, 6.07) is 3.77. The number of aromatic nitrogens is 1. The minimum absolute atomic E-state index is 0.113. The Kier molecular flexibility index (Phi) is 4.15. The van der Waals surface area contributed by atoms with Gasteiger partial charge in [0.25, 0.3) is 0 Å². The molecule has 0 spiro atoms. The molecule has 1 aliphatic rings. The summed E-state index contributed by atoms with van der Waals surface area (Å²) in [6.45, 7) is 2.97. The van der Waals surface area contributed by atoms with Crippen LogP contribution in [0.1, 0.15) is 30.1 Å². The molecule has 5 nitrogen and oxygen atoms in total. The lowest BCUT2D eigenvalue weighted by Crippen LogP contribution is -2.42. The smallest absolute Gasteiger partial charge is 0.338 e. The van der Waals surface area contributed by atoms with Gasteiger partial charge in [0.1, 0.15) is 6.10 Å². The van der Waals surface area contributed by atoms with Crippen LogP contribution in [-0.4, -0.2) is 36.8 Å². The highest BCUT2D eigenvalue weighted by Gasteiger charge is 2.19. The van der Waals surface area contributed by atoms with Gasteiger partial charge in [0, 0.05) is 24.8 Å². The van der Waals surface area contributed by atoms with Crippen molar-refractivity contribution in [2.24, 2.45) is 0 Å². The third-order valence-electron chi connectivity index (χ3n) is 3.06. The van der Waals surface area contributed by atoms with E-state index >= 15 is 0 Å². The molecule has 98 valence electrons. The molecule has 0 aliphatic carbocycles. The van der Waals surface area contributed by atoms with Crippen LogP contribution < -0.4 is 10.1 Å². The molecule has 2 atom stereocenters. The maximum absolute atomic E-state index is 11.4. The topological polar surface area (TPSA) is 60.5 Å². The van der Waals surface area contributed by atoms with Crippen molar-refractivity contribution in [2.75, 3.05) is 13.7 Å². The number of methoxy groups -OCH3 is 1. The summed E-state index contributed by atoms with van der Waals surface area (Å²) in [7, 11) is 1.36. The van der Waals surface area contributed by atoms with Gasteiger partial charge in [-0.25, -0.2) is 9.78 Å². The minimum Gasteiger partial charge on any atom is -0.473 e. The molecule has 1 aromatic heterocycles. The first kappa shape index (κ1) is 12.8. The van der Waals surface area contributed by atoms with Gasteiger partial charge in [0.2, 0.25) is 5.88 Å². The van der Waals surface area contributed by atoms with Crippen molar-refractivity contribution in [2.45, 2.75) is 31.9 Å². The second-order valence-electron chi connectivity index (χ2n) is 4.50. The fourth-order valence-electron chi connectivity index (χ4n) is 1.96. The largest absolute Gasteiger partial charge is 0.473 e. The number of pyridine rings is 1. The highest BCUT2D eigenvalue weighted by Crippen LogP contribution is 2.16. The van der Waals surface area contributed by atoms with Gasteiger partial charge in [0.05, 0.1) is 12.7 Å². The molecule has 1 aromatic rings. The van der Waals surface area contributed by atoms with Crippen LogP contribution >= 0.6 is 0 Å². The van der Waals surface area contributed by atoms with E-state index in [1.54, 1.807) is 18.3 Å². The lowest BCUT2D eigenvalue weighted by atomic mass is 10.0. The average molecular weight is 250 g/mol. The molecule has 1 fully saturated rings. The van der Waals surface area contributed by atoms with E-state index in [0.29, 0.717) is 17.5 Å². The first-order chi connectivity index (χ1) is 8.69. The summed E-state index contributed by atoms with van der Waals surface area (Å²) in [5.74, 6) is 0.0943. The second-order valence-corrected chi connectivity index (χ2v) is 4.50. The Balaban J connectivity index is 1.99. The zero-order valence-corrected chi connectivity index (χ0v) is 10.7. The van der Waals surface area contributed by atoms with Gasteiger partial charge in [-0.3, -0.25) is 0 Å². The molecule has 1 aliphatic heterocycles. The first-order valence-electron chi connectivity index (χ1n) is 6.13. The van der Waals surface area contributed by atoms with Crippen LogP contribution in [0.2, 0.25) is 0 Å². The molecule has 5 heteroatoms. The van der Waals surface area contributed by atoms with Crippen molar-refractivity contribution in [3.8, 4) is 5.88 Å². The molecular weight excluding hydrogens is 232 g/mol. The number of nitrogens with zero attached hydrogens (tertiary/aromatic N) is 1. The van der Waals surface area contributed by atoms with E-state index in [1.165, 1.54) is 7.11 Å². The number of carbonyl (C=O) groups is 1. The Morgan fingerprint density at radius 2 is 2.33 bits per heavy atom. The SMILES string of the molecule is COC(=O)c1ccnc(O[C@@H]2CC[C@@H](C)NC2)c1. The van der Waals surface area contributed by atoms with Gasteiger partial charge in [0.15, 0.2) is 0 Å². The van der Waals surface area contributed by atoms with Crippen molar-refractivity contribution in [1.82, 2.24) is 10.3 Å². The Labute approximate surface area is 107 Å². The molecule has 1 saturated heterocycles. The van der Waals surface area contributed by atoms with Crippen molar-refractivity contribution in [3.63, 3.8) is 0 Å². The van der Waals surface area contributed by atoms with Gasteiger partial charge >= 0.3 is 5.97 Å². The maximum Gasteiger partial charge on any atom is 0.338 e. The molecule has 0 bridgehead atoms. The van der Waals surface area contributed by atoms with Gasteiger partial charge in [-0.05, 0) is 25.8 Å². The summed E-state index contributed by atoms with van der Waals surface area (Å²) in [5.41, 5.74) is 0.458. The number of piperidine rings is 1. The van der Waals surface area contributed by atoms with Crippen molar-refractivity contribution in [1.29, 1.82) is 0 Å². The first-order valence-corrected chi connectivity index (χ1v) is 6.13. The molecule has 1 N–H and O–H groups in total. The maximum atomic E-state index is 11.4. The number of nitrogens with one attached hydrogen (secondary N) is 1. The van der Waals surface area contributed by atoms with E-state index in [1.807, 2.05) is 0 Å². The summed E-state index contributed by atoms with van der Waals surface area (Å²) in [5, 5.41) is 3.36. The van der Waals surface area contributed by atoms with Crippen molar-refractivity contribution in [3.05, 3.63) is 23.9 Å². The zero-order chi connectivity index (χ0) is 13.0. The molecule has 2 heterocycles. The lowest BCUT2D eigenvalue weighted by Gasteiger charge is -2.27. The molecule has 0 unspecified atom stereocenters. The summed E-state index contributed by atoms with van der Waals surface area (Å²) >= 11 is 0. The number of ether oxygens (including phenoxy) is 2. The van der Waals surface area contributed by atoms with Crippen LogP contribution in [0.15, 0.2) is 18.3 Å². The molecule has 18 heavy (non-hydrogen) atoms. The fourth-order valence-corrected chi connectivity index (χ4v) is 1.96. The third kappa shape index (κ3) is 3.20. The van der Waals surface area contributed by atoms with E-state index in [-0.39, 0.29) is 12.1 Å². The van der Waals surface area contributed by atoms with Gasteiger partial charge < -0.3 is 14.8 Å². The third-order valence-corrected chi connectivity index (χ3v) is 3.06. The number of esters is 1. The number of rotatable bonds is 3. The minimum atomic E-state index is -0.377. The molecule has 0 radical (unpaired) electrons. The highest BCUT2D eigenvalue weighted by molar-refractivity contribution is 5.89. The molecule has 2 rings (SSSR count). The van der Waals surface area contributed by atoms with Crippen LogP contribution in [0.5, 0.6) is 5.88 Å². The number of carbonyl (C=O) groups excluding carboxylic acids is 1. The van der Waals surface area contributed by atoms with E-state index in [4.69, 9.17) is 4.74 Å². The quantitative estimate of drug-likeness (QED) is 0.821. The Morgan fingerprint density at radius 1 is 1.50 bits per heavy atom. The Morgan fingerprint density at radius 3 is 3.00 bits per heavy atom. The highest BCUT2D eigenvalue weighted by atomic mass is 16.5. The van der Waals surface area contributed by atoms with E-state index in [9.17, 15) is 4.79 Å². The Hall–Kier alpha value is -1.62. The molecule has 0 amide bonds. The van der Waals surface area contributed by atoms with E-state index in [2.05, 4.69) is 22.0 Å². The molecular formula is C13H18N2O3. The lowest BCUT2D eigenvalue weighted by molar-refractivity contribution is 0.0599. The molecule has 0 saturated carbocycles. The Bertz CT molecular complexity index is 414. The van der Waals surface area contributed by atoms with Crippen LogP contribution in [0.25, 0.3) is 0 Å². The predicted octanol–water partition coefficient (Wildman–Crippen LogP) is 1.39. The van der Waals surface area contributed by atoms with Crippen LogP contribution in [0.3, 0.4) is 0 Å². The summed E-state index contributed by atoms with van der Waals surface area (Å²) in [4.78, 5) is 15.5.